The zero-order valence-corrected chi connectivity index (χ0v) is 16.3. The Hall–Kier alpha value is -2.67. The maximum Gasteiger partial charge on any atom is 0.305 e. The van der Waals surface area contributed by atoms with Gasteiger partial charge in [-0.3, -0.25) is 4.79 Å². The molecule has 0 fully saturated rings. The molecule has 0 bridgehead atoms. The minimum atomic E-state index is -0.853. The van der Waals surface area contributed by atoms with Gasteiger partial charge in [0.1, 0.15) is 0 Å². The van der Waals surface area contributed by atoms with E-state index in [1.165, 1.54) is 5.56 Å². The number of carboxylic acid groups (broad SMARTS) is 1. The number of aryl methyl sites for hydroxylation is 1. The summed E-state index contributed by atoms with van der Waals surface area (Å²) in [5.74, 6) is 0.0180. The molecular weight excluding hydrogens is 344 g/mol. The molecule has 0 aliphatic rings. The third-order valence-corrected chi connectivity index (χ3v) is 3.85. The molecule has 1 aromatic heterocycles. The summed E-state index contributed by atoms with van der Waals surface area (Å²) < 4.78 is 6.36. The van der Waals surface area contributed by atoms with Crippen LogP contribution < -0.4 is 10.1 Å². The van der Waals surface area contributed by atoms with Crippen LogP contribution in [0.25, 0.3) is 0 Å². The number of ether oxygens (including phenoxy) is 1. The van der Waals surface area contributed by atoms with Gasteiger partial charge < -0.3 is 19.6 Å². The summed E-state index contributed by atoms with van der Waals surface area (Å²) in [6.07, 6.45) is 3.45. The lowest BCUT2D eigenvalue weighted by Gasteiger charge is -2.29. The third-order valence-electron chi connectivity index (χ3n) is 3.85. The Labute approximate surface area is 160 Å². The van der Waals surface area contributed by atoms with Gasteiger partial charge in [-0.2, -0.15) is 4.98 Å². The zero-order valence-electron chi connectivity index (χ0n) is 16.3. The maximum absolute atomic E-state index is 11.1. The van der Waals surface area contributed by atoms with Crippen molar-refractivity contribution in [1.29, 1.82) is 0 Å². The molecule has 2 N–H and O–H groups in total. The van der Waals surface area contributed by atoms with Crippen LogP contribution in [0.5, 0.6) is 5.88 Å². The second-order valence-electron chi connectivity index (χ2n) is 7.57. The topological polar surface area (TPSA) is 84.3 Å². The largest absolute Gasteiger partial charge is 0.481 e. The molecule has 0 amide bonds. The number of anilines is 1. The summed E-state index contributed by atoms with van der Waals surface area (Å²) in [7, 11) is 6.05. The van der Waals surface area contributed by atoms with E-state index in [1.54, 1.807) is 12.3 Å². The molecule has 1 aromatic carbocycles. The fourth-order valence-electron chi connectivity index (χ4n) is 2.81. The number of rotatable bonds is 11. The zero-order chi connectivity index (χ0) is 19.7. The van der Waals surface area contributed by atoms with Crippen molar-refractivity contribution in [3.8, 4) is 5.88 Å². The molecule has 7 nitrogen and oxygen atoms in total. The van der Waals surface area contributed by atoms with Gasteiger partial charge in [0, 0.05) is 12.3 Å². The normalized spacial score (nSPS) is 12.4. The number of likely N-dealkylation sites (N-methyl/N-ethyl adjacent to an activating group) is 1. The van der Waals surface area contributed by atoms with Crippen LogP contribution in [0.3, 0.4) is 0 Å². The molecule has 2 rings (SSSR count). The van der Waals surface area contributed by atoms with Gasteiger partial charge in [-0.25, -0.2) is 4.98 Å². The van der Waals surface area contributed by atoms with Crippen molar-refractivity contribution in [2.45, 2.75) is 25.3 Å². The van der Waals surface area contributed by atoms with Crippen molar-refractivity contribution in [3.05, 3.63) is 48.2 Å². The van der Waals surface area contributed by atoms with Crippen molar-refractivity contribution in [3.63, 3.8) is 0 Å². The molecule has 27 heavy (non-hydrogen) atoms. The maximum atomic E-state index is 11.1. The van der Waals surface area contributed by atoms with Crippen LogP contribution >= 0.6 is 0 Å². The van der Waals surface area contributed by atoms with Gasteiger partial charge in [0.05, 0.1) is 46.8 Å². The number of hydrogen-bond donors (Lipinski definition) is 2. The first-order valence-corrected chi connectivity index (χ1v) is 9.10. The number of aliphatic carboxylic acids is 1. The van der Waals surface area contributed by atoms with Crippen LogP contribution in [0, 0.1) is 0 Å². The average molecular weight is 373 g/mol. The molecule has 0 saturated heterocycles. The van der Waals surface area contributed by atoms with Gasteiger partial charge in [0.2, 0.25) is 11.8 Å². The van der Waals surface area contributed by atoms with Crippen LogP contribution in [-0.2, 0) is 11.2 Å². The molecule has 1 unspecified atom stereocenters. The number of nitrogens with one attached hydrogen (secondary N) is 1. The minimum absolute atomic E-state index is 0.00103. The first-order chi connectivity index (χ1) is 12.8. The highest BCUT2D eigenvalue weighted by molar-refractivity contribution is 5.68. The van der Waals surface area contributed by atoms with Crippen molar-refractivity contribution < 1.29 is 19.1 Å². The molecular formula is C20H29N4O3+. The van der Waals surface area contributed by atoms with Gasteiger partial charge in [0.15, 0.2) is 0 Å². The predicted molar refractivity (Wildman–Crippen MR) is 105 cm³/mol. The number of carboxylic acids is 1. The van der Waals surface area contributed by atoms with Gasteiger partial charge in [-0.15, -0.1) is 0 Å². The Morgan fingerprint density at radius 2 is 1.96 bits per heavy atom. The number of quaternary nitrogens is 1. The van der Waals surface area contributed by atoms with Crippen molar-refractivity contribution in [2.24, 2.45) is 0 Å². The highest BCUT2D eigenvalue weighted by Crippen LogP contribution is 2.12. The van der Waals surface area contributed by atoms with Crippen LogP contribution in [-0.4, -0.2) is 65.9 Å². The summed E-state index contributed by atoms with van der Waals surface area (Å²) in [4.78, 5) is 19.7. The Morgan fingerprint density at radius 3 is 2.63 bits per heavy atom. The Balaban J connectivity index is 1.87. The van der Waals surface area contributed by atoms with Gasteiger partial charge in [-0.05, 0) is 18.4 Å². The number of aromatic nitrogens is 2. The fraction of sp³-hybridized carbons (Fsp3) is 0.450. The summed E-state index contributed by atoms with van der Waals surface area (Å²) >= 11 is 0. The Bertz CT molecular complexity index is 717. The van der Waals surface area contributed by atoms with E-state index in [2.05, 4.69) is 27.4 Å². The van der Waals surface area contributed by atoms with E-state index in [1.807, 2.05) is 39.3 Å². The van der Waals surface area contributed by atoms with E-state index < -0.39 is 5.97 Å². The molecule has 1 heterocycles. The SMILES string of the molecule is C[N+](C)(C)CC(CC(=O)O)Nc1nccc(OCCCc2ccccc2)n1. The second kappa shape index (κ2) is 9.87. The van der Waals surface area contributed by atoms with Crippen LogP contribution in [0.4, 0.5) is 5.95 Å². The van der Waals surface area contributed by atoms with Crippen LogP contribution in [0.15, 0.2) is 42.6 Å². The molecule has 7 heteroatoms. The third kappa shape index (κ3) is 8.50. The molecule has 2 aromatic rings. The standard InChI is InChI=1S/C20H28N4O3/c1-24(2,3)15-17(14-19(25)26)22-20-21-12-11-18(23-20)27-13-7-10-16-8-5-4-6-9-16/h4-6,8-9,11-12,17H,7,10,13-15H2,1-3H3,(H-,21,22,23,25,26)/p+1. The average Bonchev–Trinajstić information content (AvgIpc) is 2.58. The molecule has 1 atom stereocenters. The lowest BCUT2D eigenvalue weighted by Crippen LogP contribution is -2.45. The van der Waals surface area contributed by atoms with E-state index >= 15 is 0 Å². The molecule has 0 spiro atoms. The quantitative estimate of drug-likeness (QED) is 0.465. The van der Waals surface area contributed by atoms with E-state index in [0.717, 1.165) is 12.8 Å². The molecule has 0 aliphatic carbocycles. The first-order valence-electron chi connectivity index (χ1n) is 9.10. The highest BCUT2D eigenvalue weighted by Gasteiger charge is 2.22. The van der Waals surface area contributed by atoms with Crippen molar-refractivity contribution in [2.75, 3.05) is 39.6 Å². The van der Waals surface area contributed by atoms with E-state index in [-0.39, 0.29) is 12.5 Å². The predicted octanol–water partition coefficient (Wildman–Crippen LogP) is 2.45. The molecule has 0 radical (unpaired) electrons. The van der Waals surface area contributed by atoms with Crippen molar-refractivity contribution in [1.82, 2.24) is 9.97 Å². The Kier molecular flexibility index (Phi) is 7.55. The fourth-order valence-corrected chi connectivity index (χ4v) is 2.81. The molecule has 0 aliphatic heterocycles. The minimum Gasteiger partial charge on any atom is -0.481 e. The number of benzene rings is 1. The monoisotopic (exact) mass is 373 g/mol. The van der Waals surface area contributed by atoms with E-state index in [4.69, 9.17) is 9.84 Å². The highest BCUT2D eigenvalue weighted by atomic mass is 16.5. The summed E-state index contributed by atoms with van der Waals surface area (Å²) in [5.41, 5.74) is 1.28. The van der Waals surface area contributed by atoms with E-state index in [9.17, 15) is 4.79 Å². The molecule has 146 valence electrons. The number of hydrogen-bond acceptors (Lipinski definition) is 5. The lowest BCUT2D eigenvalue weighted by atomic mass is 10.1. The number of nitrogens with zero attached hydrogens (tertiary/aromatic N) is 3. The van der Waals surface area contributed by atoms with Gasteiger partial charge in [-0.1, -0.05) is 30.3 Å². The van der Waals surface area contributed by atoms with E-state index in [0.29, 0.717) is 29.5 Å². The second-order valence-corrected chi connectivity index (χ2v) is 7.57. The van der Waals surface area contributed by atoms with Crippen molar-refractivity contribution >= 4 is 11.9 Å². The van der Waals surface area contributed by atoms with Crippen LogP contribution in [0.1, 0.15) is 18.4 Å². The first kappa shape index (κ1) is 20.6. The molecule has 0 saturated carbocycles. The smallest absolute Gasteiger partial charge is 0.305 e. The summed E-state index contributed by atoms with van der Waals surface area (Å²) in [5, 5.41) is 12.3. The van der Waals surface area contributed by atoms with Gasteiger partial charge in [0.25, 0.3) is 0 Å². The lowest BCUT2D eigenvalue weighted by molar-refractivity contribution is -0.870. The summed E-state index contributed by atoms with van der Waals surface area (Å²) in [6.45, 7) is 1.20. The number of carbonyl (C=O) groups is 1. The van der Waals surface area contributed by atoms with Crippen LogP contribution in [0.2, 0.25) is 0 Å². The summed E-state index contributed by atoms with van der Waals surface area (Å²) in [6, 6.07) is 11.7. The van der Waals surface area contributed by atoms with Gasteiger partial charge >= 0.3 is 5.97 Å². The Morgan fingerprint density at radius 1 is 1.22 bits per heavy atom.